The number of hydrogen-bond acceptors (Lipinski definition) is 5. The number of nitrogens with zero attached hydrogens (tertiary/aromatic N) is 2. The number of hydrogen-bond donors (Lipinski definition) is 0. The molecule has 0 N–H and O–H groups in total. The third-order valence-electron chi connectivity index (χ3n) is 2.35. The van der Waals surface area contributed by atoms with Crippen LogP contribution in [0.3, 0.4) is 0 Å². The van der Waals surface area contributed by atoms with Gasteiger partial charge in [-0.2, -0.15) is 17.0 Å². The Morgan fingerprint density at radius 3 is 2.53 bits per heavy atom. The summed E-state index contributed by atoms with van der Waals surface area (Å²) in [5.41, 5.74) is 0. The van der Waals surface area contributed by atoms with Crippen LogP contribution in [-0.2, 0) is 24.5 Å². The van der Waals surface area contributed by atoms with Gasteiger partial charge >= 0.3 is 5.97 Å². The summed E-state index contributed by atoms with van der Waals surface area (Å²) in [5, 5.41) is 0. The van der Waals surface area contributed by atoms with Gasteiger partial charge in [0.15, 0.2) is 0 Å². The zero-order valence-electron chi connectivity index (χ0n) is 10.1. The summed E-state index contributed by atoms with van der Waals surface area (Å²) in [7, 11) is -2.23. The topological polar surface area (TPSA) is 76.2 Å². The standard InChI is InChI=1S/C9H18N2O5S/c1-3-16-9(12)8-10(2)17(13,14)11-4-6-15-7-5-11/h3-8H2,1-2H3. The summed E-state index contributed by atoms with van der Waals surface area (Å²) < 4.78 is 36.1. The number of carbonyl (C=O) groups is 1. The van der Waals surface area contributed by atoms with Crippen molar-refractivity contribution in [3.63, 3.8) is 0 Å². The summed E-state index contributed by atoms with van der Waals surface area (Å²) in [5.74, 6) is -0.549. The lowest BCUT2D eigenvalue weighted by Gasteiger charge is -2.29. The van der Waals surface area contributed by atoms with Crippen molar-refractivity contribution < 1.29 is 22.7 Å². The molecule has 0 saturated carbocycles. The molecule has 8 heteroatoms. The van der Waals surface area contributed by atoms with E-state index in [1.165, 1.54) is 11.4 Å². The van der Waals surface area contributed by atoms with Gasteiger partial charge in [-0.25, -0.2) is 0 Å². The first kappa shape index (κ1) is 14.4. The number of morpholine rings is 1. The lowest BCUT2D eigenvalue weighted by Crippen LogP contribution is -2.48. The third kappa shape index (κ3) is 3.91. The van der Waals surface area contributed by atoms with Crippen molar-refractivity contribution in [1.29, 1.82) is 0 Å². The van der Waals surface area contributed by atoms with Gasteiger partial charge < -0.3 is 9.47 Å². The fourth-order valence-corrected chi connectivity index (χ4v) is 2.72. The molecule has 0 aromatic heterocycles. The highest BCUT2D eigenvalue weighted by Gasteiger charge is 2.29. The van der Waals surface area contributed by atoms with Crippen LogP contribution in [0.1, 0.15) is 6.92 Å². The average Bonchev–Trinajstić information content (AvgIpc) is 2.30. The van der Waals surface area contributed by atoms with Crippen molar-refractivity contribution in [3.8, 4) is 0 Å². The highest BCUT2D eigenvalue weighted by Crippen LogP contribution is 2.09. The normalized spacial score (nSPS) is 18.3. The number of esters is 1. The molecule has 1 aliphatic heterocycles. The highest BCUT2D eigenvalue weighted by molar-refractivity contribution is 7.86. The van der Waals surface area contributed by atoms with E-state index in [0.29, 0.717) is 26.3 Å². The zero-order chi connectivity index (χ0) is 12.9. The predicted molar refractivity (Wildman–Crippen MR) is 60.6 cm³/mol. The molecule has 0 amide bonds. The Balaban J connectivity index is 2.59. The molecular weight excluding hydrogens is 248 g/mol. The second kappa shape index (κ2) is 6.29. The van der Waals surface area contributed by atoms with Crippen LogP contribution < -0.4 is 0 Å². The molecule has 7 nitrogen and oxygen atoms in total. The van der Waals surface area contributed by atoms with Crippen molar-refractivity contribution >= 4 is 16.2 Å². The Hall–Kier alpha value is -0.700. The quantitative estimate of drug-likeness (QED) is 0.600. The largest absolute Gasteiger partial charge is 0.465 e. The summed E-state index contributed by atoms with van der Waals surface area (Å²) in [6.45, 7) is 3.04. The van der Waals surface area contributed by atoms with Crippen molar-refractivity contribution in [2.75, 3.05) is 46.5 Å². The maximum atomic E-state index is 12.0. The monoisotopic (exact) mass is 266 g/mol. The van der Waals surface area contributed by atoms with Gasteiger partial charge in [-0.15, -0.1) is 0 Å². The molecule has 0 radical (unpaired) electrons. The molecule has 0 bridgehead atoms. The van der Waals surface area contributed by atoms with E-state index in [2.05, 4.69) is 0 Å². The van der Waals surface area contributed by atoms with E-state index in [1.807, 2.05) is 0 Å². The van der Waals surface area contributed by atoms with Gasteiger partial charge in [-0.3, -0.25) is 4.79 Å². The van der Waals surface area contributed by atoms with E-state index >= 15 is 0 Å². The van der Waals surface area contributed by atoms with E-state index in [4.69, 9.17) is 9.47 Å². The molecule has 1 saturated heterocycles. The van der Waals surface area contributed by atoms with E-state index in [-0.39, 0.29) is 13.2 Å². The van der Waals surface area contributed by atoms with Crippen LogP contribution in [0.15, 0.2) is 0 Å². The summed E-state index contributed by atoms with van der Waals surface area (Å²) in [6.07, 6.45) is 0. The van der Waals surface area contributed by atoms with Crippen LogP contribution in [0, 0.1) is 0 Å². The summed E-state index contributed by atoms with van der Waals surface area (Å²) >= 11 is 0. The zero-order valence-corrected chi connectivity index (χ0v) is 10.9. The third-order valence-corrected chi connectivity index (χ3v) is 4.28. The second-order valence-electron chi connectivity index (χ2n) is 3.58. The molecule has 1 heterocycles. The van der Waals surface area contributed by atoms with Crippen LogP contribution in [0.25, 0.3) is 0 Å². The van der Waals surface area contributed by atoms with Crippen LogP contribution in [0.2, 0.25) is 0 Å². The SMILES string of the molecule is CCOC(=O)CN(C)S(=O)(=O)N1CCOCC1. The Kier molecular flexibility index (Phi) is 5.31. The van der Waals surface area contributed by atoms with Crippen LogP contribution >= 0.6 is 0 Å². The Morgan fingerprint density at radius 2 is 2.00 bits per heavy atom. The van der Waals surface area contributed by atoms with Gasteiger partial charge in [-0.05, 0) is 6.92 Å². The highest BCUT2D eigenvalue weighted by atomic mass is 32.2. The maximum Gasteiger partial charge on any atom is 0.321 e. The summed E-state index contributed by atoms with van der Waals surface area (Å²) in [6, 6.07) is 0. The predicted octanol–water partition coefficient (Wildman–Crippen LogP) is -0.942. The number of carbonyl (C=O) groups excluding carboxylic acids is 1. The molecule has 0 aliphatic carbocycles. The van der Waals surface area contributed by atoms with Gasteiger partial charge in [0.25, 0.3) is 10.2 Å². The molecule has 0 unspecified atom stereocenters. The van der Waals surface area contributed by atoms with Gasteiger partial charge in [0.2, 0.25) is 0 Å². The maximum absolute atomic E-state index is 12.0. The van der Waals surface area contributed by atoms with Crippen molar-refractivity contribution in [1.82, 2.24) is 8.61 Å². The van der Waals surface area contributed by atoms with E-state index in [1.54, 1.807) is 6.92 Å². The van der Waals surface area contributed by atoms with Crippen molar-refractivity contribution in [2.24, 2.45) is 0 Å². The second-order valence-corrected chi connectivity index (χ2v) is 5.62. The average molecular weight is 266 g/mol. The number of ether oxygens (including phenoxy) is 2. The first-order valence-electron chi connectivity index (χ1n) is 5.43. The molecule has 1 aliphatic rings. The molecule has 1 fully saturated rings. The van der Waals surface area contributed by atoms with Gasteiger partial charge in [0.1, 0.15) is 6.54 Å². The fraction of sp³-hybridized carbons (Fsp3) is 0.889. The minimum absolute atomic E-state index is 0.240. The lowest BCUT2D eigenvalue weighted by molar-refractivity contribution is -0.143. The molecule has 0 aromatic rings. The van der Waals surface area contributed by atoms with E-state index < -0.39 is 16.2 Å². The van der Waals surface area contributed by atoms with Gasteiger partial charge in [0.05, 0.1) is 19.8 Å². The van der Waals surface area contributed by atoms with Gasteiger partial charge in [-0.1, -0.05) is 0 Å². The first-order chi connectivity index (χ1) is 7.98. The summed E-state index contributed by atoms with van der Waals surface area (Å²) in [4.78, 5) is 11.2. The minimum Gasteiger partial charge on any atom is -0.465 e. The van der Waals surface area contributed by atoms with E-state index in [9.17, 15) is 13.2 Å². The number of rotatable bonds is 5. The minimum atomic E-state index is -3.59. The Morgan fingerprint density at radius 1 is 1.41 bits per heavy atom. The molecule has 17 heavy (non-hydrogen) atoms. The van der Waals surface area contributed by atoms with Crippen LogP contribution in [0.5, 0.6) is 0 Å². The van der Waals surface area contributed by atoms with Crippen molar-refractivity contribution in [2.45, 2.75) is 6.92 Å². The Bertz CT molecular complexity index is 350. The smallest absolute Gasteiger partial charge is 0.321 e. The fourth-order valence-electron chi connectivity index (χ4n) is 1.44. The molecule has 100 valence electrons. The molecule has 1 rings (SSSR count). The molecular formula is C9H18N2O5S. The molecule has 0 spiro atoms. The van der Waals surface area contributed by atoms with E-state index in [0.717, 1.165) is 4.31 Å². The number of likely N-dealkylation sites (N-methyl/N-ethyl adjacent to an activating group) is 1. The Labute approximate surface area is 101 Å². The first-order valence-corrected chi connectivity index (χ1v) is 6.83. The van der Waals surface area contributed by atoms with Gasteiger partial charge in [0, 0.05) is 20.1 Å². The molecule has 0 aromatic carbocycles. The van der Waals surface area contributed by atoms with Crippen molar-refractivity contribution in [3.05, 3.63) is 0 Å². The lowest BCUT2D eigenvalue weighted by atomic mass is 10.5. The van der Waals surface area contributed by atoms with Crippen LogP contribution in [0.4, 0.5) is 0 Å². The molecule has 0 atom stereocenters. The van der Waals surface area contributed by atoms with Crippen LogP contribution in [-0.4, -0.2) is 69.5 Å².